The van der Waals surface area contributed by atoms with Gasteiger partial charge in [0.2, 0.25) is 12.2 Å². The van der Waals surface area contributed by atoms with Crippen molar-refractivity contribution in [3.05, 3.63) is 0 Å². The van der Waals surface area contributed by atoms with Crippen molar-refractivity contribution in [1.82, 2.24) is 0 Å². The van der Waals surface area contributed by atoms with Crippen molar-refractivity contribution in [2.24, 2.45) is 9.98 Å². The summed E-state index contributed by atoms with van der Waals surface area (Å²) in [5.74, 6) is 0. The monoisotopic (exact) mass is 166 g/mol. The molecule has 1 aliphatic carbocycles. The number of carbonyl (C=O) groups excluding carboxylic acids is 2. The Bertz CT molecular complexity index is 215. The lowest BCUT2D eigenvalue weighted by Crippen LogP contribution is -2.20. The fourth-order valence-corrected chi connectivity index (χ4v) is 1.52. The van der Waals surface area contributed by atoms with E-state index in [1.54, 1.807) is 0 Å². The quantitative estimate of drug-likeness (QED) is 0.453. The molecule has 1 aliphatic rings. The van der Waals surface area contributed by atoms with Crippen LogP contribution in [0.2, 0.25) is 0 Å². The molecule has 0 aliphatic heterocycles. The zero-order valence-electron chi connectivity index (χ0n) is 6.69. The second-order valence-corrected chi connectivity index (χ2v) is 2.92. The molecular formula is C8H10N2O2. The highest BCUT2D eigenvalue weighted by Crippen LogP contribution is 2.22. The average Bonchev–Trinajstić information content (AvgIpc) is 2.06. The summed E-state index contributed by atoms with van der Waals surface area (Å²) >= 11 is 0. The molecule has 64 valence electrons. The van der Waals surface area contributed by atoms with Crippen LogP contribution >= 0.6 is 0 Å². The second kappa shape index (κ2) is 4.60. The molecule has 2 unspecified atom stereocenters. The zero-order valence-corrected chi connectivity index (χ0v) is 6.69. The molecule has 12 heavy (non-hydrogen) atoms. The normalized spacial score (nSPS) is 28.3. The van der Waals surface area contributed by atoms with Crippen molar-refractivity contribution < 1.29 is 9.59 Å². The van der Waals surface area contributed by atoms with Crippen LogP contribution in [0.25, 0.3) is 0 Å². The van der Waals surface area contributed by atoms with Crippen LogP contribution in [-0.2, 0) is 9.59 Å². The number of nitrogens with zero attached hydrogens (tertiary/aromatic N) is 2. The first kappa shape index (κ1) is 8.85. The average molecular weight is 166 g/mol. The van der Waals surface area contributed by atoms with E-state index < -0.39 is 0 Å². The molecule has 0 heterocycles. The third kappa shape index (κ3) is 2.42. The SMILES string of the molecule is O=C=NC1CCCC(N=C=O)C1. The maximum absolute atomic E-state index is 9.94. The molecular weight excluding hydrogens is 156 g/mol. The predicted octanol–water partition coefficient (Wildman–Crippen LogP) is 0.969. The fourth-order valence-electron chi connectivity index (χ4n) is 1.52. The summed E-state index contributed by atoms with van der Waals surface area (Å²) in [5, 5.41) is 0. The summed E-state index contributed by atoms with van der Waals surface area (Å²) in [5.41, 5.74) is 0. The maximum atomic E-state index is 9.94. The van der Waals surface area contributed by atoms with E-state index >= 15 is 0 Å². The lowest BCUT2D eigenvalue weighted by atomic mass is 9.92. The van der Waals surface area contributed by atoms with Gasteiger partial charge >= 0.3 is 0 Å². The van der Waals surface area contributed by atoms with Crippen LogP contribution in [0.3, 0.4) is 0 Å². The van der Waals surface area contributed by atoms with E-state index in [0.717, 1.165) is 19.3 Å². The van der Waals surface area contributed by atoms with Gasteiger partial charge in [-0.2, -0.15) is 0 Å². The van der Waals surface area contributed by atoms with E-state index in [9.17, 15) is 9.59 Å². The number of hydrogen-bond donors (Lipinski definition) is 0. The Hall–Kier alpha value is -1.24. The first-order chi connectivity index (χ1) is 5.86. The highest BCUT2D eigenvalue weighted by Gasteiger charge is 2.20. The zero-order chi connectivity index (χ0) is 8.81. The molecule has 0 amide bonds. The molecule has 0 bridgehead atoms. The molecule has 1 saturated carbocycles. The van der Waals surface area contributed by atoms with Crippen molar-refractivity contribution in [3.8, 4) is 0 Å². The van der Waals surface area contributed by atoms with Crippen LogP contribution in [0.1, 0.15) is 25.7 Å². The fraction of sp³-hybridized carbons (Fsp3) is 0.750. The van der Waals surface area contributed by atoms with Crippen LogP contribution < -0.4 is 0 Å². The minimum atomic E-state index is 0.0124. The van der Waals surface area contributed by atoms with Crippen molar-refractivity contribution in [2.45, 2.75) is 37.8 Å². The molecule has 0 radical (unpaired) electrons. The number of hydrogen-bond acceptors (Lipinski definition) is 4. The summed E-state index contributed by atoms with van der Waals surface area (Å²) in [6.45, 7) is 0. The van der Waals surface area contributed by atoms with E-state index in [-0.39, 0.29) is 12.1 Å². The Morgan fingerprint density at radius 1 is 1.00 bits per heavy atom. The Morgan fingerprint density at radius 2 is 1.50 bits per heavy atom. The number of rotatable bonds is 2. The van der Waals surface area contributed by atoms with E-state index in [1.807, 2.05) is 0 Å². The van der Waals surface area contributed by atoms with E-state index in [2.05, 4.69) is 9.98 Å². The Morgan fingerprint density at radius 3 is 1.92 bits per heavy atom. The van der Waals surface area contributed by atoms with Gasteiger partial charge < -0.3 is 0 Å². The van der Waals surface area contributed by atoms with Gasteiger partial charge in [0.25, 0.3) is 0 Å². The second-order valence-electron chi connectivity index (χ2n) is 2.92. The van der Waals surface area contributed by atoms with Gasteiger partial charge in [-0.25, -0.2) is 19.6 Å². The molecule has 0 spiro atoms. The van der Waals surface area contributed by atoms with E-state index in [0.29, 0.717) is 6.42 Å². The van der Waals surface area contributed by atoms with Gasteiger partial charge in [-0.15, -0.1) is 0 Å². The molecule has 0 aromatic carbocycles. The van der Waals surface area contributed by atoms with Crippen molar-refractivity contribution >= 4 is 12.2 Å². The third-order valence-electron chi connectivity index (χ3n) is 2.09. The van der Waals surface area contributed by atoms with Crippen LogP contribution in [0, 0.1) is 0 Å². The number of aliphatic imine (C=N–C) groups is 2. The lowest BCUT2D eigenvalue weighted by molar-refractivity contribution is 0.392. The van der Waals surface area contributed by atoms with Gasteiger partial charge in [0.05, 0.1) is 12.1 Å². The summed E-state index contributed by atoms with van der Waals surface area (Å²) in [4.78, 5) is 27.1. The lowest BCUT2D eigenvalue weighted by Gasteiger charge is -2.21. The smallest absolute Gasteiger partial charge is 0.211 e. The number of isocyanates is 2. The summed E-state index contributed by atoms with van der Waals surface area (Å²) in [6.07, 6.45) is 6.52. The first-order valence-electron chi connectivity index (χ1n) is 4.00. The largest absolute Gasteiger partial charge is 0.235 e. The molecule has 1 fully saturated rings. The van der Waals surface area contributed by atoms with Crippen LogP contribution in [0.15, 0.2) is 9.98 Å². The van der Waals surface area contributed by atoms with Crippen LogP contribution in [-0.4, -0.2) is 24.2 Å². The van der Waals surface area contributed by atoms with Gasteiger partial charge in [0.1, 0.15) is 0 Å². The molecule has 0 saturated heterocycles. The highest BCUT2D eigenvalue weighted by atomic mass is 16.1. The predicted molar refractivity (Wildman–Crippen MR) is 42.3 cm³/mol. The molecule has 0 N–H and O–H groups in total. The minimum Gasteiger partial charge on any atom is -0.211 e. The Kier molecular flexibility index (Phi) is 3.39. The van der Waals surface area contributed by atoms with Gasteiger partial charge in [-0.1, -0.05) is 0 Å². The van der Waals surface area contributed by atoms with Gasteiger partial charge in [-0.3, -0.25) is 0 Å². The van der Waals surface area contributed by atoms with Gasteiger partial charge in [-0.05, 0) is 25.7 Å². The van der Waals surface area contributed by atoms with Gasteiger partial charge in [0, 0.05) is 0 Å². The van der Waals surface area contributed by atoms with Crippen LogP contribution in [0.4, 0.5) is 0 Å². The van der Waals surface area contributed by atoms with Crippen LogP contribution in [0.5, 0.6) is 0 Å². The topological polar surface area (TPSA) is 58.9 Å². The van der Waals surface area contributed by atoms with Crippen molar-refractivity contribution in [3.63, 3.8) is 0 Å². The van der Waals surface area contributed by atoms with Crippen molar-refractivity contribution in [2.75, 3.05) is 0 Å². The molecule has 0 aromatic heterocycles. The maximum Gasteiger partial charge on any atom is 0.235 e. The highest BCUT2D eigenvalue weighted by molar-refractivity contribution is 5.34. The van der Waals surface area contributed by atoms with E-state index in [4.69, 9.17) is 0 Å². The summed E-state index contributed by atoms with van der Waals surface area (Å²) < 4.78 is 0. The molecule has 1 rings (SSSR count). The molecule has 4 nitrogen and oxygen atoms in total. The molecule has 4 heteroatoms. The van der Waals surface area contributed by atoms with E-state index in [1.165, 1.54) is 12.2 Å². The summed E-state index contributed by atoms with van der Waals surface area (Å²) in [7, 11) is 0. The van der Waals surface area contributed by atoms with Gasteiger partial charge in [0.15, 0.2) is 0 Å². The first-order valence-corrected chi connectivity index (χ1v) is 4.00. The summed E-state index contributed by atoms with van der Waals surface area (Å²) in [6, 6.07) is 0.0247. The van der Waals surface area contributed by atoms with Crippen molar-refractivity contribution in [1.29, 1.82) is 0 Å². The Labute approximate surface area is 70.4 Å². The molecule has 2 atom stereocenters. The Balaban J connectivity index is 2.50. The standard InChI is InChI=1S/C8H10N2O2/c11-5-9-7-2-1-3-8(4-7)10-6-12/h7-8H,1-4H2. The third-order valence-corrected chi connectivity index (χ3v) is 2.09. The molecule has 0 aromatic rings. The minimum absolute atomic E-state index is 0.0124.